The molecule has 11 heteroatoms. The Hall–Kier alpha value is -2.69. The third kappa shape index (κ3) is 7.26. The first-order chi connectivity index (χ1) is 19.8. The molecule has 0 aromatic heterocycles. The molecule has 0 heterocycles. The second-order valence-corrected chi connectivity index (χ2v) is 14.0. The fourth-order valence-electron chi connectivity index (χ4n) is 7.65. The van der Waals surface area contributed by atoms with Crippen LogP contribution in [0.5, 0.6) is 0 Å². The van der Waals surface area contributed by atoms with Gasteiger partial charge in [-0.3, -0.25) is 24.0 Å². The van der Waals surface area contributed by atoms with E-state index >= 15 is 0 Å². The Morgan fingerprint density at radius 2 is 1.55 bits per heavy atom. The summed E-state index contributed by atoms with van der Waals surface area (Å²) < 4.78 is 0. The van der Waals surface area contributed by atoms with E-state index < -0.39 is 46.7 Å². The third-order valence-electron chi connectivity index (χ3n) is 10.6. The molecule has 6 atom stereocenters. The number of hydrogen-bond donors (Lipinski definition) is 6. The van der Waals surface area contributed by atoms with E-state index in [4.69, 9.17) is 11.5 Å². The number of unbranched alkanes of at least 4 members (excludes halogenated alkanes) is 1. The Balaban J connectivity index is 1.34. The van der Waals surface area contributed by atoms with Crippen LogP contribution >= 0.6 is 0 Å². The van der Waals surface area contributed by atoms with E-state index in [0.29, 0.717) is 25.8 Å². The predicted octanol–water partition coefficient (Wildman–Crippen LogP) is 1.40. The first-order valence-electron chi connectivity index (χ1n) is 16.0. The van der Waals surface area contributed by atoms with E-state index in [9.17, 15) is 29.1 Å². The van der Waals surface area contributed by atoms with Gasteiger partial charge in [0, 0.05) is 19.0 Å². The molecule has 4 rings (SSSR count). The molecule has 0 aromatic rings. The maximum atomic E-state index is 13.7. The van der Waals surface area contributed by atoms with E-state index in [1.165, 1.54) is 6.42 Å². The van der Waals surface area contributed by atoms with Gasteiger partial charge >= 0.3 is 0 Å². The SMILES string of the molecule is CC(C)(C(N)=O)C(NC(=O)CC1CCCCC1)C(=O)NC1C2CCC(C2)C1C(=O)NCCCCC(O)(C(N)=O)C1CC1. The summed E-state index contributed by atoms with van der Waals surface area (Å²) in [5, 5.41) is 19.5. The first kappa shape index (κ1) is 32.2. The van der Waals surface area contributed by atoms with Crippen LogP contribution in [0.15, 0.2) is 0 Å². The Labute approximate surface area is 249 Å². The zero-order chi connectivity index (χ0) is 30.7. The van der Waals surface area contributed by atoms with Gasteiger partial charge in [0.25, 0.3) is 0 Å². The van der Waals surface area contributed by atoms with Crippen LogP contribution in [0.25, 0.3) is 0 Å². The molecule has 42 heavy (non-hydrogen) atoms. The lowest BCUT2D eigenvalue weighted by Crippen LogP contribution is -2.61. The number of primary amides is 2. The van der Waals surface area contributed by atoms with Crippen LogP contribution in [-0.2, 0) is 24.0 Å². The van der Waals surface area contributed by atoms with Crippen LogP contribution < -0.4 is 27.4 Å². The molecule has 0 saturated heterocycles. The van der Waals surface area contributed by atoms with Gasteiger partial charge in [-0.25, -0.2) is 0 Å². The fraction of sp³-hybridized carbons (Fsp3) is 0.839. The molecule has 8 N–H and O–H groups in total. The number of amides is 5. The van der Waals surface area contributed by atoms with Gasteiger partial charge in [0.2, 0.25) is 29.5 Å². The molecule has 4 aliphatic carbocycles. The fourth-order valence-corrected chi connectivity index (χ4v) is 7.65. The van der Waals surface area contributed by atoms with Crippen LogP contribution in [0.3, 0.4) is 0 Å². The first-order valence-corrected chi connectivity index (χ1v) is 16.0. The molecule has 0 radical (unpaired) electrons. The highest BCUT2D eigenvalue weighted by Crippen LogP contribution is 2.49. The molecule has 0 aliphatic heterocycles. The highest BCUT2D eigenvalue weighted by molar-refractivity contribution is 5.95. The van der Waals surface area contributed by atoms with Crippen molar-refractivity contribution in [1.82, 2.24) is 16.0 Å². The number of rotatable bonds is 15. The lowest BCUT2D eigenvalue weighted by atomic mass is 9.80. The highest BCUT2D eigenvalue weighted by Gasteiger charge is 2.53. The molecule has 4 saturated carbocycles. The number of carbonyl (C=O) groups is 5. The number of nitrogens with two attached hydrogens (primary N) is 2. The molecular weight excluding hydrogens is 538 g/mol. The van der Waals surface area contributed by atoms with Crippen LogP contribution in [0.2, 0.25) is 0 Å². The van der Waals surface area contributed by atoms with Gasteiger partial charge in [-0.15, -0.1) is 0 Å². The summed E-state index contributed by atoms with van der Waals surface area (Å²) in [7, 11) is 0. The van der Waals surface area contributed by atoms with Crippen LogP contribution in [0.1, 0.15) is 104 Å². The molecule has 6 unspecified atom stereocenters. The lowest BCUT2D eigenvalue weighted by molar-refractivity contribution is -0.140. The number of nitrogens with one attached hydrogen (secondary N) is 3. The average molecular weight is 590 g/mol. The molecule has 11 nitrogen and oxygen atoms in total. The molecule has 0 spiro atoms. The summed E-state index contributed by atoms with van der Waals surface area (Å²) in [6.45, 7) is 3.52. The largest absolute Gasteiger partial charge is 0.380 e. The van der Waals surface area contributed by atoms with Crippen molar-refractivity contribution in [3.8, 4) is 0 Å². The predicted molar refractivity (Wildman–Crippen MR) is 156 cm³/mol. The minimum atomic E-state index is -1.47. The molecule has 4 aliphatic rings. The normalized spacial score (nSPS) is 28.0. The van der Waals surface area contributed by atoms with Crippen molar-refractivity contribution in [2.24, 2.45) is 46.5 Å². The smallest absolute Gasteiger partial charge is 0.249 e. The Morgan fingerprint density at radius 3 is 2.17 bits per heavy atom. The van der Waals surface area contributed by atoms with Gasteiger partial charge in [0.1, 0.15) is 11.6 Å². The molecular formula is C31H51N5O6. The van der Waals surface area contributed by atoms with Gasteiger partial charge in [-0.05, 0) is 102 Å². The zero-order valence-electron chi connectivity index (χ0n) is 25.3. The number of carbonyl (C=O) groups excluding carboxylic acids is 5. The van der Waals surface area contributed by atoms with Crippen molar-refractivity contribution >= 4 is 29.5 Å². The van der Waals surface area contributed by atoms with Gasteiger partial charge in [0.05, 0.1) is 11.3 Å². The van der Waals surface area contributed by atoms with Gasteiger partial charge < -0.3 is 32.5 Å². The van der Waals surface area contributed by atoms with Crippen molar-refractivity contribution in [3.63, 3.8) is 0 Å². The Morgan fingerprint density at radius 1 is 0.881 bits per heavy atom. The summed E-state index contributed by atoms with van der Waals surface area (Å²) in [6, 6.07) is -1.54. The second kappa shape index (κ2) is 13.3. The van der Waals surface area contributed by atoms with Crippen molar-refractivity contribution in [1.29, 1.82) is 0 Å². The van der Waals surface area contributed by atoms with E-state index in [0.717, 1.165) is 57.8 Å². The second-order valence-electron chi connectivity index (χ2n) is 14.0. The number of aliphatic hydroxyl groups is 1. The van der Waals surface area contributed by atoms with E-state index in [1.54, 1.807) is 13.8 Å². The van der Waals surface area contributed by atoms with Gasteiger partial charge in [-0.2, -0.15) is 0 Å². The van der Waals surface area contributed by atoms with Crippen molar-refractivity contribution in [2.45, 2.75) is 121 Å². The minimum absolute atomic E-state index is 0.0663. The quantitative estimate of drug-likeness (QED) is 0.156. The van der Waals surface area contributed by atoms with E-state index in [1.807, 2.05) is 0 Å². The summed E-state index contributed by atoms with van der Waals surface area (Å²) in [5.41, 5.74) is 8.33. The Bertz CT molecular complexity index is 1040. The average Bonchev–Trinajstić information content (AvgIpc) is 3.61. The van der Waals surface area contributed by atoms with E-state index in [2.05, 4.69) is 16.0 Å². The van der Waals surface area contributed by atoms with Crippen molar-refractivity contribution in [3.05, 3.63) is 0 Å². The van der Waals surface area contributed by atoms with Crippen molar-refractivity contribution < 1.29 is 29.1 Å². The molecule has 2 bridgehead atoms. The molecule has 4 fully saturated rings. The summed E-state index contributed by atoms with van der Waals surface area (Å²) in [6.07, 6.45) is 11.3. The standard InChI is InChI=1S/C31H51N5O6/c1-30(2,28(32)40)25(35-22(37)16-18-8-4-3-5-9-18)27(39)36-24-20-11-10-19(17-20)23(24)26(38)34-15-7-6-14-31(42,29(33)41)21-12-13-21/h18-21,23-25,42H,3-17H2,1-2H3,(H2,32,40)(H2,33,41)(H,34,38)(H,35,37)(H,36,39). The van der Waals surface area contributed by atoms with E-state index in [-0.39, 0.29) is 41.9 Å². The molecule has 236 valence electrons. The highest BCUT2D eigenvalue weighted by atomic mass is 16.3. The lowest BCUT2D eigenvalue weighted by Gasteiger charge is -2.36. The summed E-state index contributed by atoms with van der Waals surface area (Å²) in [4.78, 5) is 64.2. The maximum Gasteiger partial charge on any atom is 0.249 e. The minimum Gasteiger partial charge on any atom is -0.380 e. The van der Waals surface area contributed by atoms with Gasteiger partial charge in [-0.1, -0.05) is 19.3 Å². The summed E-state index contributed by atoms with van der Waals surface area (Å²) in [5.74, 6) is -2.15. The van der Waals surface area contributed by atoms with Gasteiger partial charge in [0.15, 0.2) is 0 Å². The monoisotopic (exact) mass is 589 g/mol. The Kier molecular flexibility index (Phi) is 10.2. The van der Waals surface area contributed by atoms with Crippen LogP contribution in [0.4, 0.5) is 0 Å². The summed E-state index contributed by atoms with van der Waals surface area (Å²) >= 11 is 0. The third-order valence-corrected chi connectivity index (χ3v) is 10.6. The van der Waals surface area contributed by atoms with Crippen molar-refractivity contribution in [2.75, 3.05) is 6.54 Å². The van der Waals surface area contributed by atoms with Crippen LogP contribution in [0, 0.1) is 35.0 Å². The number of hydrogen-bond acceptors (Lipinski definition) is 6. The molecule has 5 amide bonds. The number of fused-ring (bicyclic) bond motifs is 2. The molecule has 0 aromatic carbocycles. The topological polar surface area (TPSA) is 194 Å². The van der Waals surface area contributed by atoms with Crippen LogP contribution in [-0.4, -0.2) is 58.9 Å². The maximum absolute atomic E-state index is 13.7. The zero-order valence-corrected chi connectivity index (χ0v) is 25.3.